The van der Waals surface area contributed by atoms with Gasteiger partial charge in [-0.1, -0.05) is 108 Å². The van der Waals surface area contributed by atoms with Crippen molar-refractivity contribution in [1.82, 2.24) is 0 Å². The van der Waals surface area contributed by atoms with E-state index >= 15 is 0 Å². The highest BCUT2D eigenvalue weighted by molar-refractivity contribution is 5.13. The van der Waals surface area contributed by atoms with Crippen LogP contribution in [0.1, 0.15) is 102 Å². The van der Waals surface area contributed by atoms with Crippen LogP contribution >= 0.6 is 0 Å². The van der Waals surface area contributed by atoms with Crippen LogP contribution in [0.5, 0.6) is 0 Å². The summed E-state index contributed by atoms with van der Waals surface area (Å²) in [6.07, 6.45) is 19.5. The Bertz CT molecular complexity index is 459. The zero-order valence-electron chi connectivity index (χ0n) is 18.4. The molecule has 1 aliphatic rings. The number of ether oxygens (including phenoxy) is 2. The first kappa shape index (κ1) is 23.4. The van der Waals surface area contributed by atoms with Gasteiger partial charge < -0.3 is 9.47 Å². The van der Waals surface area contributed by atoms with Crippen LogP contribution in [0, 0.1) is 5.92 Å². The highest BCUT2D eigenvalue weighted by atomic mass is 16.5. The highest BCUT2D eigenvalue weighted by Crippen LogP contribution is 2.29. The second-order valence-electron chi connectivity index (χ2n) is 8.64. The van der Waals surface area contributed by atoms with Crippen LogP contribution in [0.15, 0.2) is 30.3 Å². The maximum absolute atomic E-state index is 6.22. The van der Waals surface area contributed by atoms with E-state index in [1.54, 1.807) is 0 Å². The first-order valence-electron chi connectivity index (χ1n) is 12.1. The molecule has 2 nitrogen and oxygen atoms in total. The molecular weight excluding hydrogens is 344 g/mol. The van der Waals surface area contributed by atoms with Crippen molar-refractivity contribution in [2.24, 2.45) is 5.92 Å². The minimum Gasteiger partial charge on any atom is -0.378 e. The Labute approximate surface area is 174 Å². The number of rotatable bonds is 17. The maximum atomic E-state index is 6.22. The van der Waals surface area contributed by atoms with E-state index in [0.717, 1.165) is 19.8 Å². The molecule has 0 N–H and O–H groups in total. The molecule has 0 saturated heterocycles. The van der Waals surface area contributed by atoms with E-state index in [4.69, 9.17) is 9.47 Å². The fourth-order valence-electron chi connectivity index (χ4n) is 4.32. The molecule has 1 saturated carbocycles. The van der Waals surface area contributed by atoms with Gasteiger partial charge in [-0.05, 0) is 24.8 Å². The fourth-order valence-corrected chi connectivity index (χ4v) is 4.32. The van der Waals surface area contributed by atoms with E-state index < -0.39 is 0 Å². The molecule has 0 amide bonds. The van der Waals surface area contributed by atoms with E-state index in [-0.39, 0.29) is 0 Å². The lowest BCUT2D eigenvalue weighted by atomic mass is 10.1. The highest BCUT2D eigenvalue weighted by Gasteiger charge is 2.27. The average Bonchev–Trinajstić information content (AvgIpc) is 3.17. The maximum Gasteiger partial charge on any atom is 0.0717 e. The third kappa shape index (κ3) is 10.6. The quantitative estimate of drug-likeness (QED) is 0.254. The van der Waals surface area contributed by atoms with E-state index in [2.05, 4.69) is 37.3 Å². The molecular formula is C26H44O2. The standard InChI is InChI=1S/C26H44O2/c1-2-3-4-5-6-7-8-9-10-11-15-21-28-26-20-16-19-25(26)23-27-22-24-17-13-12-14-18-24/h12-14,17-18,25-26H,2-11,15-16,19-23H2,1H3/t25-,26+/m0/s1. The summed E-state index contributed by atoms with van der Waals surface area (Å²) < 4.78 is 12.2. The molecule has 1 aromatic carbocycles. The number of hydrogen-bond donors (Lipinski definition) is 0. The first-order chi connectivity index (χ1) is 13.9. The van der Waals surface area contributed by atoms with Gasteiger partial charge in [0, 0.05) is 12.5 Å². The summed E-state index contributed by atoms with van der Waals surface area (Å²) in [4.78, 5) is 0. The van der Waals surface area contributed by atoms with E-state index in [9.17, 15) is 0 Å². The van der Waals surface area contributed by atoms with Crippen molar-refractivity contribution in [2.75, 3.05) is 13.2 Å². The van der Waals surface area contributed by atoms with Gasteiger partial charge in [-0.3, -0.25) is 0 Å². The van der Waals surface area contributed by atoms with Gasteiger partial charge in [0.15, 0.2) is 0 Å². The second kappa shape index (κ2) is 16.0. The van der Waals surface area contributed by atoms with Crippen molar-refractivity contribution >= 4 is 0 Å². The van der Waals surface area contributed by atoms with Gasteiger partial charge in [-0.25, -0.2) is 0 Å². The molecule has 1 fully saturated rings. The summed E-state index contributed by atoms with van der Waals surface area (Å²) in [7, 11) is 0. The monoisotopic (exact) mass is 388 g/mol. The van der Waals surface area contributed by atoms with Gasteiger partial charge >= 0.3 is 0 Å². The van der Waals surface area contributed by atoms with E-state index in [0.29, 0.717) is 12.0 Å². The van der Waals surface area contributed by atoms with Gasteiger partial charge in [0.25, 0.3) is 0 Å². The average molecular weight is 389 g/mol. The van der Waals surface area contributed by atoms with Crippen LogP contribution in [-0.2, 0) is 16.1 Å². The first-order valence-corrected chi connectivity index (χ1v) is 12.1. The van der Waals surface area contributed by atoms with Crippen molar-refractivity contribution < 1.29 is 9.47 Å². The summed E-state index contributed by atoms with van der Waals surface area (Å²) in [6, 6.07) is 10.5. The SMILES string of the molecule is CCCCCCCCCCCCCO[C@@H]1CCC[C@H]1COCc1ccccc1. The van der Waals surface area contributed by atoms with Crippen molar-refractivity contribution in [3.8, 4) is 0 Å². The molecule has 0 spiro atoms. The number of benzene rings is 1. The Balaban J connectivity index is 1.41. The van der Waals surface area contributed by atoms with Crippen molar-refractivity contribution in [3.05, 3.63) is 35.9 Å². The zero-order valence-corrected chi connectivity index (χ0v) is 18.4. The molecule has 0 radical (unpaired) electrons. The molecule has 0 unspecified atom stereocenters. The van der Waals surface area contributed by atoms with Gasteiger partial charge in [0.05, 0.1) is 19.3 Å². The van der Waals surface area contributed by atoms with Crippen molar-refractivity contribution in [3.63, 3.8) is 0 Å². The molecule has 1 aromatic rings. The molecule has 0 bridgehead atoms. The van der Waals surface area contributed by atoms with Crippen LogP contribution in [0.3, 0.4) is 0 Å². The molecule has 0 aromatic heterocycles. The predicted octanol–water partition coefficient (Wildman–Crippen LogP) is 7.70. The Morgan fingerprint density at radius 2 is 1.43 bits per heavy atom. The smallest absolute Gasteiger partial charge is 0.0717 e. The third-order valence-corrected chi connectivity index (χ3v) is 6.11. The molecule has 1 aliphatic carbocycles. The lowest BCUT2D eigenvalue weighted by Gasteiger charge is -2.20. The molecule has 2 atom stereocenters. The van der Waals surface area contributed by atoms with Crippen LogP contribution in [-0.4, -0.2) is 19.3 Å². The zero-order chi connectivity index (χ0) is 19.7. The van der Waals surface area contributed by atoms with Gasteiger partial charge in [0.2, 0.25) is 0 Å². The normalized spacial score (nSPS) is 19.3. The molecule has 2 heteroatoms. The Morgan fingerprint density at radius 3 is 2.11 bits per heavy atom. The fraction of sp³-hybridized carbons (Fsp3) is 0.769. The molecule has 160 valence electrons. The van der Waals surface area contributed by atoms with Gasteiger partial charge in [0.1, 0.15) is 0 Å². The van der Waals surface area contributed by atoms with Crippen LogP contribution < -0.4 is 0 Å². The molecule has 0 heterocycles. The third-order valence-electron chi connectivity index (χ3n) is 6.11. The number of unbranched alkanes of at least 4 members (excludes halogenated alkanes) is 10. The largest absolute Gasteiger partial charge is 0.378 e. The van der Waals surface area contributed by atoms with Gasteiger partial charge in [-0.15, -0.1) is 0 Å². The minimum atomic E-state index is 0.430. The topological polar surface area (TPSA) is 18.5 Å². The predicted molar refractivity (Wildman–Crippen MR) is 120 cm³/mol. The Kier molecular flexibility index (Phi) is 13.4. The molecule has 2 rings (SSSR count). The van der Waals surface area contributed by atoms with Crippen molar-refractivity contribution in [1.29, 1.82) is 0 Å². The summed E-state index contributed by atoms with van der Waals surface area (Å²) in [5.74, 6) is 0.594. The Hall–Kier alpha value is -0.860. The summed E-state index contributed by atoms with van der Waals surface area (Å²) in [5.41, 5.74) is 1.26. The summed E-state index contributed by atoms with van der Waals surface area (Å²) in [5, 5.41) is 0. The lowest BCUT2D eigenvalue weighted by Crippen LogP contribution is -2.23. The molecule has 0 aliphatic heterocycles. The lowest BCUT2D eigenvalue weighted by molar-refractivity contribution is -0.0119. The van der Waals surface area contributed by atoms with E-state index in [1.807, 2.05) is 0 Å². The van der Waals surface area contributed by atoms with Crippen LogP contribution in [0.4, 0.5) is 0 Å². The second-order valence-corrected chi connectivity index (χ2v) is 8.64. The van der Waals surface area contributed by atoms with Crippen LogP contribution in [0.2, 0.25) is 0 Å². The number of hydrogen-bond acceptors (Lipinski definition) is 2. The summed E-state index contributed by atoms with van der Waals surface area (Å²) >= 11 is 0. The molecule has 28 heavy (non-hydrogen) atoms. The van der Waals surface area contributed by atoms with E-state index in [1.165, 1.54) is 95.5 Å². The summed E-state index contributed by atoms with van der Waals surface area (Å²) in [6.45, 7) is 4.80. The van der Waals surface area contributed by atoms with Gasteiger partial charge in [-0.2, -0.15) is 0 Å². The Morgan fingerprint density at radius 1 is 0.786 bits per heavy atom. The minimum absolute atomic E-state index is 0.430. The van der Waals surface area contributed by atoms with Crippen LogP contribution in [0.25, 0.3) is 0 Å². The van der Waals surface area contributed by atoms with Crippen molar-refractivity contribution in [2.45, 2.75) is 110 Å².